The maximum Gasteiger partial charge on any atom is 0.305 e. The first-order chi connectivity index (χ1) is 9.11. The maximum absolute atomic E-state index is 11.5. The van der Waals surface area contributed by atoms with Crippen molar-refractivity contribution < 1.29 is 18.8 Å². The number of rotatable bonds is 8. The standard InChI is InChI=1S/C12H19N3O4/c1-3-18-12(17)5-4-8-13-10(16)6-7-11-14-9(2)15-19-11/h3-8H2,1-2H3,(H,13,16). The highest BCUT2D eigenvalue weighted by Gasteiger charge is 2.07. The lowest BCUT2D eigenvalue weighted by molar-refractivity contribution is -0.143. The molecule has 0 aromatic carbocycles. The van der Waals surface area contributed by atoms with Crippen LogP contribution in [0.5, 0.6) is 0 Å². The predicted octanol–water partition coefficient (Wildman–Crippen LogP) is 0.770. The fourth-order valence-corrected chi connectivity index (χ4v) is 1.44. The molecule has 1 heterocycles. The molecule has 0 atom stereocenters. The number of esters is 1. The molecule has 0 saturated heterocycles. The minimum atomic E-state index is -0.238. The second-order valence-corrected chi connectivity index (χ2v) is 3.99. The molecule has 1 N–H and O–H groups in total. The number of carbonyl (C=O) groups is 2. The van der Waals surface area contributed by atoms with Gasteiger partial charge in [-0.3, -0.25) is 9.59 Å². The minimum absolute atomic E-state index is 0.0975. The van der Waals surface area contributed by atoms with E-state index in [0.29, 0.717) is 50.6 Å². The van der Waals surface area contributed by atoms with Gasteiger partial charge in [-0.2, -0.15) is 4.98 Å². The first kappa shape index (κ1) is 15.1. The van der Waals surface area contributed by atoms with Crippen LogP contribution in [0.4, 0.5) is 0 Å². The Bertz CT molecular complexity index is 417. The normalized spacial score (nSPS) is 10.2. The van der Waals surface area contributed by atoms with Crippen LogP contribution < -0.4 is 5.32 Å². The van der Waals surface area contributed by atoms with Crippen molar-refractivity contribution in [3.05, 3.63) is 11.7 Å². The van der Waals surface area contributed by atoms with Crippen LogP contribution in [0, 0.1) is 6.92 Å². The maximum atomic E-state index is 11.5. The third-order valence-corrected chi connectivity index (χ3v) is 2.32. The fraction of sp³-hybridized carbons (Fsp3) is 0.667. The van der Waals surface area contributed by atoms with Gasteiger partial charge in [-0.05, 0) is 20.3 Å². The lowest BCUT2D eigenvalue weighted by atomic mass is 10.2. The van der Waals surface area contributed by atoms with E-state index < -0.39 is 0 Å². The molecule has 1 amide bonds. The van der Waals surface area contributed by atoms with Crippen molar-refractivity contribution in [2.24, 2.45) is 0 Å². The SMILES string of the molecule is CCOC(=O)CCCNC(=O)CCc1nc(C)no1. The Kier molecular flexibility index (Phi) is 6.56. The zero-order valence-corrected chi connectivity index (χ0v) is 11.3. The number of ether oxygens (including phenoxy) is 1. The van der Waals surface area contributed by atoms with Gasteiger partial charge in [-0.15, -0.1) is 0 Å². The van der Waals surface area contributed by atoms with E-state index in [1.165, 1.54) is 0 Å². The molecule has 0 saturated carbocycles. The highest BCUT2D eigenvalue weighted by Crippen LogP contribution is 2.00. The molecule has 0 fully saturated rings. The molecule has 1 aromatic rings. The molecular weight excluding hydrogens is 250 g/mol. The molecule has 0 aliphatic rings. The molecule has 106 valence electrons. The lowest BCUT2D eigenvalue weighted by Gasteiger charge is -2.04. The average molecular weight is 269 g/mol. The summed E-state index contributed by atoms with van der Waals surface area (Å²) < 4.78 is 9.67. The first-order valence-corrected chi connectivity index (χ1v) is 6.33. The van der Waals surface area contributed by atoms with Crippen LogP contribution in [0.2, 0.25) is 0 Å². The molecule has 1 aromatic heterocycles. The third-order valence-electron chi connectivity index (χ3n) is 2.32. The minimum Gasteiger partial charge on any atom is -0.466 e. The van der Waals surface area contributed by atoms with Gasteiger partial charge in [0.1, 0.15) is 0 Å². The van der Waals surface area contributed by atoms with Crippen molar-refractivity contribution in [2.75, 3.05) is 13.2 Å². The third kappa shape index (κ3) is 6.54. The number of nitrogens with zero attached hydrogens (tertiary/aromatic N) is 2. The van der Waals surface area contributed by atoms with Gasteiger partial charge in [0.25, 0.3) is 0 Å². The molecule has 0 aliphatic heterocycles. The number of amides is 1. The van der Waals surface area contributed by atoms with E-state index >= 15 is 0 Å². The lowest BCUT2D eigenvalue weighted by Crippen LogP contribution is -2.25. The Labute approximate surface area is 111 Å². The van der Waals surface area contributed by atoms with Crippen molar-refractivity contribution in [3.8, 4) is 0 Å². The van der Waals surface area contributed by atoms with Crippen LogP contribution in [0.25, 0.3) is 0 Å². The molecule has 7 heteroatoms. The van der Waals surface area contributed by atoms with Gasteiger partial charge in [0.05, 0.1) is 6.61 Å². The van der Waals surface area contributed by atoms with Crippen LogP contribution in [0.1, 0.15) is 37.9 Å². The molecule has 1 rings (SSSR count). The Morgan fingerprint density at radius 3 is 2.79 bits per heavy atom. The summed E-state index contributed by atoms with van der Waals surface area (Å²) in [6, 6.07) is 0. The second-order valence-electron chi connectivity index (χ2n) is 3.99. The highest BCUT2D eigenvalue weighted by atomic mass is 16.5. The average Bonchev–Trinajstić information content (AvgIpc) is 2.78. The summed E-state index contributed by atoms with van der Waals surface area (Å²) in [6.45, 7) is 4.33. The quantitative estimate of drug-likeness (QED) is 0.553. The summed E-state index contributed by atoms with van der Waals surface area (Å²) in [5, 5.41) is 6.36. The van der Waals surface area contributed by atoms with Gasteiger partial charge in [0.2, 0.25) is 11.8 Å². The smallest absolute Gasteiger partial charge is 0.305 e. The van der Waals surface area contributed by atoms with E-state index in [1.54, 1.807) is 13.8 Å². The molecule has 0 unspecified atom stereocenters. The van der Waals surface area contributed by atoms with E-state index in [1.807, 2.05) is 0 Å². The molecule has 7 nitrogen and oxygen atoms in total. The number of carbonyl (C=O) groups excluding carboxylic acids is 2. The number of aromatic nitrogens is 2. The fourth-order valence-electron chi connectivity index (χ4n) is 1.44. The van der Waals surface area contributed by atoms with Gasteiger partial charge < -0.3 is 14.6 Å². The molecule has 19 heavy (non-hydrogen) atoms. The first-order valence-electron chi connectivity index (χ1n) is 6.33. The van der Waals surface area contributed by atoms with Crippen molar-refractivity contribution in [3.63, 3.8) is 0 Å². The summed E-state index contributed by atoms with van der Waals surface area (Å²) >= 11 is 0. The van der Waals surface area contributed by atoms with Gasteiger partial charge in [-0.25, -0.2) is 0 Å². The second kappa shape index (κ2) is 8.23. The van der Waals surface area contributed by atoms with E-state index in [0.717, 1.165) is 0 Å². The Hall–Kier alpha value is -1.92. The topological polar surface area (TPSA) is 94.3 Å². The number of hydrogen-bond acceptors (Lipinski definition) is 6. The van der Waals surface area contributed by atoms with Crippen LogP contribution in [-0.2, 0) is 20.7 Å². The Morgan fingerprint density at radius 2 is 2.16 bits per heavy atom. The van der Waals surface area contributed by atoms with Crippen LogP contribution in [-0.4, -0.2) is 35.2 Å². The number of nitrogens with one attached hydrogen (secondary N) is 1. The molecule has 0 bridgehead atoms. The van der Waals surface area contributed by atoms with Crippen molar-refractivity contribution in [2.45, 2.75) is 39.5 Å². The van der Waals surface area contributed by atoms with E-state index in [2.05, 4.69) is 15.5 Å². The number of aryl methyl sites for hydroxylation is 2. The van der Waals surface area contributed by atoms with Gasteiger partial charge in [0.15, 0.2) is 5.82 Å². The van der Waals surface area contributed by atoms with Crippen LogP contribution in [0.15, 0.2) is 4.52 Å². The van der Waals surface area contributed by atoms with E-state index in [4.69, 9.17) is 9.26 Å². The van der Waals surface area contributed by atoms with Crippen molar-refractivity contribution in [1.29, 1.82) is 0 Å². The summed E-state index contributed by atoms with van der Waals surface area (Å²) in [5.41, 5.74) is 0. The highest BCUT2D eigenvalue weighted by molar-refractivity contribution is 5.76. The molecular formula is C12H19N3O4. The summed E-state index contributed by atoms with van der Waals surface area (Å²) in [7, 11) is 0. The van der Waals surface area contributed by atoms with Crippen LogP contribution >= 0.6 is 0 Å². The molecule has 0 radical (unpaired) electrons. The van der Waals surface area contributed by atoms with Gasteiger partial charge >= 0.3 is 5.97 Å². The van der Waals surface area contributed by atoms with E-state index in [-0.39, 0.29) is 11.9 Å². The zero-order valence-electron chi connectivity index (χ0n) is 11.3. The van der Waals surface area contributed by atoms with E-state index in [9.17, 15) is 9.59 Å². The monoisotopic (exact) mass is 269 g/mol. The summed E-state index contributed by atoms with van der Waals surface area (Å²) in [5.74, 6) is 0.682. The largest absolute Gasteiger partial charge is 0.466 e. The molecule has 0 aliphatic carbocycles. The van der Waals surface area contributed by atoms with Gasteiger partial charge in [0, 0.05) is 25.8 Å². The van der Waals surface area contributed by atoms with Crippen molar-refractivity contribution >= 4 is 11.9 Å². The number of hydrogen-bond donors (Lipinski definition) is 1. The predicted molar refractivity (Wildman–Crippen MR) is 66.2 cm³/mol. The van der Waals surface area contributed by atoms with Crippen LogP contribution in [0.3, 0.4) is 0 Å². The summed E-state index contributed by atoms with van der Waals surface area (Å²) in [6.07, 6.45) is 1.60. The zero-order chi connectivity index (χ0) is 14.1. The van der Waals surface area contributed by atoms with Gasteiger partial charge in [-0.1, -0.05) is 5.16 Å². The molecule has 0 spiro atoms. The Morgan fingerprint density at radius 1 is 1.37 bits per heavy atom. The Balaban J connectivity index is 2.06. The summed E-state index contributed by atoms with van der Waals surface area (Å²) in [4.78, 5) is 26.5. The van der Waals surface area contributed by atoms with Crippen molar-refractivity contribution in [1.82, 2.24) is 15.5 Å².